The fourth-order valence-electron chi connectivity index (χ4n) is 4.51. The summed E-state index contributed by atoms with van der Waals surface area (Å²) >= 11 is 6.03. The second kappa shape index (κ2) is 13.3. The maximum absolute atomic E-state index is 13.3. The van der Waals surface area contributed by atoms with Crippen molar-refractivity contribution in [1.29, 1.82) is 0 Å². The molecule has 0 bridgehead atoms. The van der Waals surface area contributed by atoms with Crippen molar-refractivity contribution in [2.45, 2.75) is 39.8 Å². The molecule has 0 spiro atoms. The van der Waals surface area contributed by atoms with E-state index in [0.29, 0.717) is 52.3 Å². The number of ether oxygens (including phenoxy) is 4. The number of unbranched alkanes of at least 4 members (excludes halogenated alkanes) is 1. The molecule has 41 heavy (non-hydrogen) atoms. The molecular weight excluding hydrogens is 538 g/mol. The first-order chi connectivity index (χ1) is 20.1. The predicted molar refractivity (Wildman–Crippen MR) is 162 cm³/mol. The Morgan fingerprint density at radius 2 is 1.44 bits per heavy atom. The Bertz CT molecular complexity index is 1600. The molecule has 0 saturated heterocycles. The molecular formula is C34H32ClNO5. The van der Waals surface area contributed by atoms with E-state index in [1.54, 1.807) is 31.2 Å². The standard InChI is InChI=1S/C34H32ClNO5/c1-3-5-21-36-31-20-19-29(40-27-13-11-25(35)12-14-27)22-30(31)32(34(37)38-4-2)33(36)41-28-17-15-26(16-18-28)39-23-24-9-7-6-8-10-24/h6-20,22H,3-5,21,23H2,1-2H3. The van der Waals surface area contributed by atoms with Gasteiger partial charge in [-0.2, -0.15) is 0 Å². The maximum atomic E-state index is 13.3. The number of carbonyl (C=O) groups excluding carboxylic acids is 1. The van der Waals surface area contributed by atoms with Gasteiger partial charge in [-0.1, -0.05) is 55.3 Å². The summed E-state index contributed by atoms with van der Waals surface area (Å²) in [6.07, 6.45) is 1.90. The number of aromatic nitrogens is 1. The van der Waals surface area contributed by atoms with Crippen molar-refractivity contribution in [3.05, 3.63) is 113 Å². The minimum absolute atomic E-state index is 0.244. The molecule has 0 amide bonds. The Morgan fingerprint density at radius 3 is 2.15 bits per heavy atom. The van der Waals surface area contributed by atoms with Crippen LogP contribution in [0.2, 0.25) is 5.02 Å². The number of hydrogen-bond donors (Lipinski definition) is 0. The molecule has 0 unspecified atom stereocenters. The Labute approximate surface area is 245 Å². The molecule has 4 aromatic carbocycles. The van der Waals surface area contributed by atoms with E-state index in [0.717, 1.165) is 29.7 Å². The quantitative estimate of drug-likeness (QED) is 0.140. The Kier molecular flexibility index (Phi) is 9.12. The van der Waals surface area contributed by atoms with Crippen LogP contribution in [0.4, 0.5) is 0 Å². The number of fused-ring (bicyclic) bond motifs is 1. The van der Waals surface area contributed by atoms with Crippen LogP contribution < -0.4 is 14.2 Å². The zero-order chi connectivity index (χ0) is 28.6. The smallest absolute Gasteiger partial charge is 0.344 e. The highest BCUT2D eigenvalue weighted by Gasteiger charge is 2.26. The molecule has 210 valence electrons. The van der Waals surface area contributed by atoms with Crippen LogP contribution in [0.3, 0.4) is 0 Å². The van der Waals surface area contributed by atoms with Crippen LogP contribution in [-0.2, 0) is 17.9 Å². The lowest BCUT2D eigenvalue weighted by Gasteiger charge is -2.13. The van der Waals surface area contributed by atoms with Crippen LogP contribution in [0.1, 0.15) is 42.6 Å². The maximum Gasteiger partial charge on any atom is 0.344 e. The average Bonchev–Trinajstić information content (AvgIpc) is 3.29. The summed E-state index contributed by atoms with van der Waals surface area (Å²) in [5.74, 6) is 2.53. The zero-order valence-corrected chi connectivity index (χ0v) is 23.9. The molecule has 1 aromatic heterocycles. The van der Waals surface area contributed by atoms with Gasteiger partial charge in [0.05, 0.1) is 12.1 Å². The highest BCUT2D eigenvalue weighted by molar-refractivity contribution is 6.30. The number of benzene rings is 4. The third-order valence-corrected chi connectivity index (χ3v) is 6.79. The molecule has 0 aliphatic rings. The molecule has 0 N–H and O–H groups in total. The minimum Gasteiger partial charge on any atom is -0.489 e. The molecule has 6 nitrogen and oxygen atoms in total. The van der Waals surface area contributed by atoms with E-state index in [9.17, 15) is 4.79 Å². The molecule has 1 heterocycles. The largest absolute Gasteiger partial charge is 0.489 e. The second-order valence-corrected chi connectivity index (χ2v) is 9.92. The first-order valence-electron chi connectivity index (χ1n) is 13.8. The number of nitrogens with zero attached hydrogens (tertiary/aromatic N) is 1. The van der Waals surface area contributed by atoms with Crippen molar-refractivity contribution in [3.63, 3.8) is 0 Å². The van der Waals surface area contributed by atoms with Gasteiger partial charge in [-0.3, -0.25) is 0 Å². The van der Waals surface area contributed by atoms with Gasteiger partial charge in [-0.25, -0.2) is 4.79 Å². The molecule has 0 radical (unpaired) electrons. The van der Waals surface area contributed by atoms with E-state index in [2.05, 4.69) is 6.92 Å². The van der Waals surface area contributed by atoms with Gasteiger partial charge < -0.3 is 23.5 Å². The zero-order valence-electron chi connectivity index (χ0n) is 23.1. The summed E-state index contributed by atoms with van der Waals surface area (Å²) in [5, 5.41) is 1.33. The van der Waals surface area contributed by atoms with Crippen LogP contribution >= 0.6 is 11.6 Å². The SMILES string of the molecule is CCCCn1c(Oc2ccc(OCc3ccccc3)cc2)c(C(=O)OCC)c2cc(Oc3ccc(Cl)cc3)ccc21. The summed E-state index contributed by atoms with van der Waals surface area (Å²) in [6, 6.07) is 30.2. The van der Waals surface area contributed by atoms with E-state index in [1.807, 2.05) is 77.4 Å². The minimum atomic E-state index is -0.450. The van der Waals surface area contributed by atoms with Gasteiger partial charge in [0, 0.05) is 17.0 Å². The summed E-state index contributed by atoms with van der Waals surface area (Å²) in [4.78, 5) is 13.3. The molecule has 0 aliphatic carbocycles. The summed E-state index contributed by atoms with van der Waals surface area (Å²) in [6.45, 7) is 5.31. The van der Waals surface area contributed by atoms with E-state index in [4.69, 9.17) is 30.5 Å². The lowest BCUT2D eigenvalue weighted by atomic mass is 10.1. The third-order valence-electron chi connectivity index (χ3n) is 6.54. The van der Waals surface area contributed by atoms with E-state index in [1.165, 1.54) is 0 Å². The fourth-order valence-corrected chi connectivity index (χ4v) is 4.64. The number of halogens is 1. The summed E-state index contributed by atoms with van der Waals surface area (Å²) in [5.41, 5.74) is 2.32. The monoisotopic (exact) mass is 569 g/mol. The highest BCUT2D eigenvalue weighted by Crippen LogP contribution is 2.39. The van der Waals surface area contributed by atoms with Crippen molar-refractivity contribution >= 4 is 28.5 Å². The molecule has 7 heteroatoms. The van der Waals surface area contributed by atoms with Gasteiger partial charge in [0.2, 0.25) is 5.88 Å². The normalized spacial score (nSPS) is 10.9. The van der Waals surface area contributed by atoms with Crippen LogP contribution in [0.25, 0.3) is 10.9 Å². The number of rotatable bonds is 12. The number of esters is 1. The lowest BCUT2D eigenvalue weighted by Crippen LogP contribution is -2.08. The van der Waals surface area contributed by atoms with Crippen molar-refractivity contribution in [2.24, 2.45) is 0 Å². The Hall–Kier alpha value is -4.42. The van der Waals surface area contributed by atoms with Crippen LogP contribution in [-0.4, -0.2) is 17.1 Å². The molecule has 0 aliphatic heterocycles. The Morgan fingerprint density at radius 1 is 0.780 bits per heavy atom. The molecule has 5 rings (SSSR count). The van der Waals surface area contributed by atoms with Gasteiger partial charge in [0.1, 0.15) is 35.2 Å². The van der Waals surface area contributed by atoms with Gasteiger partial charge in [-0.05, 0) is 85.6 Å². The average molecular weight is 570 g/mol. The first-order valence-corrected chi connectivity index (χ1v) is 14.1. The van der Waals surface area contributed by atoms with Gasteiger partial charge in [-0.15, -0.1) is 0 Å². The van der Waals surface area contributed by atoms with Crippen molar-refractivity contribution in [1.82, 2.24) is 4.57 Å². The predicted octanol–water partition coefficient (Wildman–Crippen LogP) is 9.44. The fraction of sp³-hybridized carbons (Fsp3) is 0.206. The van der Waals surface area contributed by atoms with Crippen LogP contribution in [0.15, 0.2) is 97.1 Å². The highest BCUT2D eigenvalue weighted by atomic mass is 35.5. The number of carbonyl (C=O) groups is 1. The second-order valence-electron chi connectivity index (χ2n) is 9.49. The van der Waals surface area contributed by atoms with E-state index in [-0.39, 0.29) is 6.61 Å². The third kappa shape index (κ3) is 6.84. The molecule has 0 atom stereocenters. The summed E-state index contributed by atoms with van der Waals surface area (Å²) in [7, 11) is 0. The summed E-state index contributed by atoms with van der Waals surface area (Å²) < 4.78 is 26.0. The molecule has 5 aromatic rings. The van der Waals surface area contributed by atoms with E-state index >= 15 is 0 Å². The van der Waals surface area contributed by atoms with Crippen LogP contribution in [0, 0.1) is 0 Å². The van der Waals surface area contributed by atoms with E-state index < -0.39 is 5.97 Å². The van der Waals surface area contributed by atoms with Gasteiger partial charge in [0.15, 0.2) is 0 Å². The lowest BCUT2D eigenvalue weighted by molar-refractivity contribution is 0.0525. The van der Waals surface area contributed by atoms with Crippen molar-refractivity contribution < 1.29 is 23.7 Å². The van der Waals surface area contributed by atoms with Crippen molar-refractivity contribution in [2.75, 3.05) is 6.61 Å². The van der Waals surface area contributed by atoms with Gasteiger partial charge in [0.25, 0.3) is 0 Å². The Balaban J connectivity index is 1.48. The van der Waals surface area contributed by atoms with Crippen LogP contribution in [0.5, 0.6) is 28.9 Å². The molecule has 0 saturated carbocycles. The first kappa shape index (κ1) is 28.1. The van der Waals surface area contributed by atoms with Crippen molar-refractivity contribution in [3.8, 4) is 28.9 Å². The number of aryl methyl sites for hydroxylation is 1. The topological polar surface area (TPSA) is 58.9 Å². The van der Waals surface area contributed by atoms with Gasteiger partial charge >= 0.3 is 5.97 Å². The number of hydrogen-bond acceptors (Lipinski definition) is 5. The molecule has 0 fully saturated rings.